The molecule has 0 aromatic heterocycles. The third-order valence-electron chi connectivity index (χ3n) is 2.56. The Hall–Kier alpha value is -1.58. The van der Waals surface area contributed by atoms with Crippen LogP contribution in [0.15, 0.2) is 36.4 Å². The fraction of sp³-hybridized carbons (Fsp3) is 0.143. The molecular formula is C14H12ClFO2. The van der Waals surface area contributed by atoms with Crippen molar-refractivity contribution < 1.29 is 14.2 Å². The molecule has 2 aromatic rings. The monoisotopic (exact) mass is 266 g/mol. The number of hydrogen-bond acceptors (Lipinski definition) is 2. The van der Waals surface area contributed by atoms with Crippen molar-refractivity contribution in [3.05, 3.63) is 58.4 Å². The molecule has 0 amide bonds. The molecule has 0 fully saturated rings. The average molecular weight is 267 g/mol. The van der Waals surface area contributed by atoms with E-state index in [1.807, 2.05) is 13.0 Å². The Kier molecular flexibility index (Phi) is 3.84. The Morgan fingerprint density at radius 1 is 1.17 bits per heavy atom. The van der Waals surface area contributed by atoms with Crippen molar-refractivity contribution >= 4 is 11.6 Å². The van der Waals surface area contributed by atoms with Gasteiger partial charge in [0.25, 0.3) is 0 Å². The first-order valence-corrected chi connectivity index (χ1v) is 5.81. The lowest BCUT2D eigenvalue weighted by Crippen LogP contribution is -1.94. The van der Waals surface area contributed by atoms with Gasteiger partial charge in [0, 0.05) is 10.6 Å². The molecule has 0 bridgehead atoms. The van der Waals surface area contributed by atoms with Crippen molar-refractivity contribution in [2.45, 2.75) is 13.5 Å². The van der Waals surface area contributed by atoms with Gasteiger partial charge in [-0.1, -0.05) is 17.7 Å². The second-order valence-electron chi connectivity index (χ2n) is 3.92. The standard InChI is InChI=1S/C14H12ClFO2/c1-9-2-3-11(15)7-14(9)18-13-5-4-12(16)6-10(13)8-17/h2-7,17H,8H2,1H3. The van der Waals surface area contributed by atoms with E-state index in [1.54, 1.807) is 12.1 Å². The van der Waals surface area contributed by atoms with Gasteiger partial charge in [0.1, 0.15) is 17.3 Å². The van der Waals surface area contributed by atoms with E-state index >= 15 is 0 Å². The molecule has 2 nitrogen and oxygen atoms in total. The van der Waals surface area contributed by atoms with Crippen LogP contribution in [-0.2, 0) is 6.61 Å². The first-order valence-electron chi connectivity index (χ1n) is 5.43. The Labute approximate surface area is 110 Å². The summed E-state index contributed by atoms with van der Waals surface area (Å²) in [6, 6.07) is 9.30. The molecule has 1 N–H and O–H groups in total. The van der Waals surface area contributed by atoms with Gasteiger partial charge in [-0.15, -0.1) is 0 Å². The van der Waals surface area contributed by atoms with Crippen LogP contribution >= 0.6 is 11.6 Å². The summed E-state index contributed by atoms with van der Waals surface area (Å²) < 4.78 is 18.7. The van der Waals surface area contributed by atoms with Gasteiger partial charge >= 0.3 is 0 Å². The van der Waals surface area contributed by atoms with Gasteiger partial charge in [0.2, 0.25) is 0 Å². The van der Waals surface area contributed by atoms with Crippen molar-refractivity contribution in [1.29, 1.82) is 0 Å². The second-order valence-corrected chi connectivity index (χ2v) is 4.36. The summed E-state index contributed by atoms with van der Waals surface area (Å²) in [6.45, 7) is 1.60. The molecule has 94 valence electrons. The normalized spacial score (nSPS) is 10.4. The summed E-state index contributed by atoms with van der Waals surface area (Å²) in [5, 5.41) is 9.73. The largest absolute Gasteiger partial charge is 0.457 e. The summed E-state index contributed by atoms with van der Waals surface area (Å²) in [5.41, 5.74) is 1.31. The SMILES string of the molecule is Cc1ccc(Cl)cc1Oc1ccc(F)cc1CO. The molecule has 0 unspecified atom stereocenters. The lowest BCUT2D eigenvalue weighted by atomic mass is 10.2. The van der Waals surface area contributed by atoms with Crippen LogP contribution in [0.25, 0.3) is 0 Å². The number of hydrogen-bond donors (Lipinski definition) is 1. The van der Waals surface area contributed by atoms with Crippen LogP contribution in [0.3, 0.4) is 0 Å². The summed E-state index contributed by atoms with van der Waals surface area (Å²) in [5.74, 6) is 0.599. The smallest absolute Gasteiger partial charge is 0.133 e. The number of benzene rings is 2. The van der Waals surface area contributed by atoms with Crippen molar-refractivity contribution in [3.8, 4) is 11.5 Å². The number of rotatable bonds is 3. The van der Waals surface area contributed by atoms with Crippen molar-refractivity contribution in [2.75, 3.05) is 0 Å². The van der Waals surface area contributed by atoms with Gasteiger partial charge in [-0.2, -0.15) is 0 Å². The van der Waals surface area contributed by atoms with Crippen LogP contribution in [-0.4, -0.2) is 5.11 Å². The molecule has 18 heavy (non-hydrogen) atoms. The minimum Gasteiger partial charge on any atom is -0.457 e. The third-order valence-corrected chi connectivity index (χ3v) is 2.80. The number of aliphatic hydroxyl groups is 1. The maximum absolute atomic E-state index is 13.0. The van der Waals surface area contributed by atoms with Gasteiger partial charge in [-0.25, -0.2) is 4.39 Å². The van der Waals surface area contributed by atoms with E-state index < -0.39 is 5.82 Å². The molecule has 2 rings (SSSR count). The molecule has 0 radical (unpaired) electrons. The first-order chi connectivity index (χ1) is 8.60. The van der Waals surface area contributed by atoms with Gasteiger partial charge < -0.3 is 9.84 Å². The molecule has 0 saturated heterocycles. The quantitative estimate of drug-likeness (QED) is 0.907. The van der Waals surface area contributed by atoms with E-state index in [2.05, 4.69) is 0 Å². The molecule has 0 heterocycles. The highest BCUT2D eigenvalue weighted by molar-refractivity contribution is 6.30. The maximum atomic E-state index is 13.0. The number of halogens is 2. The first kappa shape index (κ1) is 12.9. The average Bonchev–Trinajstić information content (AvgIpc) is 2.36. The van der Waals surface area contributed by atoms with Gasteiger partial charge in [-0.3, -0.25) is 0 Å². The van der Waals surface area contributed by atoms with Crippen LogP contribution in [0.5, 0.6) is 11.5 Å². The predicted molar refractivity (Wildman–Crippen MR) is 68.6 cm³/mol. The number of aliphatic hydroxyl groups excluding tert-OH is 1. The summed E-state index contributed by atoms with van der Waals surface area (Å²) in [6.07, 6.45) is 0. The summed E-state index contributed by atoms with van der Waals surface area (Å²) in [4.78, 5) is 0. The molecular weight excluding hydrogens is 255 g/mol. The third kappa shape index (κ3) is 2.81. The maximum Gasteiger partial charge on any atom is 0.133 e. The van der Waals surface area contributed by atoms with E-state index in [-0.39, 0.29) is 6.61 Å². The molecule has 0 atom stereocenters. The zero-order chi connectivity index (χ0) is 13.1. The zero-order valence-electron chi connectivity index (χ0n) is 9.78. The van der Waals surface area contributed by atoms with E-state index in [1.165, 1.54) is 18.2 Å². The minimum atomic E-state index is -0.408. The lowest BCUT2D eigenvalue weighted by Gasteiger charge is -2.12. The molecule has 0 spiro atoms. The fourth-order valence-corrected chi connectivity index (χ4v) is 1.74. The molecule has 0 aliphatic rings. The van der Waals surface area contributed by atoms with Crippen molar-refractivity contribution in [2.24, 2.45) is 0 Å². The van der Waals surface area contributed by atoms with E-state index in [0.29, 0.717) is 22.1 Å². The molecule has 0 aliphatic carbocycles. The van der Waals surface area contributed by atoms with E-state index in [9.17, 15) is 9.50 Å². The topological polar surface area (TPSA) is 29.5 Å². The Morgan fingerprint density at radius 2 is 1.94 bits per heavy atom. The van der Waals surface area contributed by atoms with E-state index in [0.717, 1.165) is 5.56 Å². The minimum absolute atomic E-state index is 0.285. The van der Waals surface area contributed by atoms with Crippen molar-refractivity contribution in [3.63, 3.8) is 0 Å². The second kappa shape index (κ2) is 5.38. The highest BCUT2D eigenvalue weighted by Gasteiger charge is 2.08. The zero-order valence-corrected chi connectivity index (χ0v) is 10.5. The van der Waals surface area contributed by atoms with Gasteiger partial charge in [0.15, 0.2) is 0 Å². The molecule has 4 heteroatoms. The summed E-state index contributed by atoms with van der Waals surface area (Å²) >= 11 is 5.89. The van der Waals surface area contributed by atoms with Gasteiger partial charge in [-0.05, 0) is 42.8 Å². The molecule has 0 aliphatic heterocycles. The van der Waals surface area contributed by atoms with Crippen LogP contribution in [0.4, 0.5) is 4.39 Å². The van der Waals surface area contributed by atoms with Gasteiger partial charge in [0.05, 0.1) is 6.61 Å². The van der Waals surface area contributed by atoms with Crippen LogP contribution in [0.2, 0.25) is 5.02 Å². The molecule has 0 saturated carbocycles. The highest BCUT2D eigenvalue weighted by atomic mass is 35.5. The Balaban J connectivity index is 2.36. The number of ether oxygens (including phenoxy) is 1. The van der Waals surface area contributed by atoms with Crippen LogP contribution in [0, 0.1) is 12.7 Å². The number of aryl methyl sites for hydroxylation is 1. The van der Waals surface area contributed by atoms with Crippen LogP contribution in [0.1, 0.15) is 11.1 Å². The Morgan fingerprint density at radius 3 is 2.67 bits per heavy atom. The predicted octanol–water partition coefficient (Wildman–Crippen LogP) is 4.07. The Bertz CT molecular complexity index is 570. The molecule has 2 aromatic carbocycles. The summed E-state index contributed by atoms with van der Waals surface area (Å²) in [7, 11) is 0. The van der Waals surface area contributed by atoms with E-state index in [4.69, 9.17) is 16.3 Å². The fourth-order valence-electron chi connectivity index (χ4n) is 1.57. The highest BCUT2D eigenvalue weighted by Crippen LogP contribution is 2.30. The van der Waals surface area contributed by atoms with Crippen LogP contribution < -0.4 is 4.74 Å². The lowest BCUT2D eigenvalue weighted by molar-refractivity contribution is 0.275. The van der Waals surface area contributed by atoms with Crippen molar-refractivity contribution in [1.82, 2.24) is 0 Å².